The van der Waals surface area contributed by atoms with Gasteiger partial charge in [0.2, 0.25) is 0 Å². The van der Waals surface area contributed by atoms with Crippen LogP contribution in [0.3, 0.4) is 0 Å². The van der Waals surface area contributed by atoms with Crippen molar-refractivity contribution in [3.63, 3.8) is 0 Å². The molecule has 7 atom stereocenters. The van der Waals surface area contributed by atoms with Crippen molar-refractivity contribution in [3.8, 4) is 0 Å². The minimum Gasteiger partial charge on any atom is -0.290 e. The van der Waals surface area contributed by atoms with Gasteiger partial charge in [0.15, 0.2) is 10.9 Å². The third-order valence-electron chi connectivity index (χ3n) is 8.35. The summed E-state index contributed by atoms with van der Waals surface area (Å²) in [6.07, 6.45) is 11.1. The summed E-state index contributed by atoms with van der Waals surface area (Å²) < 4.78 is 12.8. The molecule has 0 spiro atoms. The highest BCUT2D eigenvalue weighted by Crippen LogP contribution is 2.67. The van der Waals surface area contributed by atoms with Crippen molar-refractivity contribution < 1.29 is 14.0 Å². The Morgan fingerprint density at radius 3 is 2.81 bits per heavy atom. The van der Waals surface area contributed by atoms with Crippen molar-refractivity contribution in [2.24, 2.45) is 40.4 Å². The standard InChI is InChI=1S/C22H29FO2S/c1-13-10-18-16-5-4-14-11-15(24)6-8-21(14,2)17(16)7-9-22(18,3)19(13)20(25)26-12-23/h6,8,11,13,16-19H,4-5,7,9-10,12H2,1-3H3/t13-,16-,17+,18+,19-,21+,22+/m1/s1. The third-order valence-corrected chi connectivity index (χ3v) is 9.00. The second-order valence-electron chi connectivity index (χ2n) is 9.41. The highest BCUT2D eigenvalue weighted by atomic mass is 32.2. The molecular weight excluding hydrogens is 347 g/mol. The summed E-state index contributed by atoms with van der Waals surface area (Å²) in [6.45, 7) is 6.79. The Morgan fingerprint density at radius 1 is 1.31 bits per heavy atom. The second-order valence-corrected chi connectivity index (χ2v) is 10.3. The topological polar surface area (TPSA) is 34.1 Å². The lowest BCUT2D eigenvalue weighted by molar-refractivity contribution is -0.122. The van der Waals surface area contributed by atoms with Crippen molar-refractivity contribution in [1.29, 1.82) is 0 Å². The zero-order valence-electron chi connectivity index (χ0n) is 16.0. The number of alkyl halides is 1. The van der Waals surface area contributed by atoms with Gasteiger partial charge in [0.1, 0.15) is 6.01 Å². The number of hydrogen-bond acceptors (Lipinski definition) is 3. The zero-order valence-corrected chi connectivity index (χ0v) is 16.8. The molecule has 2 nitrogen and oxygen atoms in total. The van der Waals surface area contributed by atoms with Gasteiger partial charge < -0.3 is 0 Å². The van der Waals surface area contributed by atoms with E-state index in [1.54, 1.807) is 6.08 Å². The fourth-order valence-corrected chi connectivity index (χ4v) is 8.00. The Morgan fingerprint density at radius 2 is 2.08 bits per heavy atom. The number of halogens is 1. The van der Waals surface area contributed by atoms with E-state index in [0.717, 1.165) is 43.9 Å². The molecule has 0 radical (unpaired) electrons. The van der Waals surface area contributed by atoms with Crippen molar-refractivity contribution in [1.82, 2.24) is 0 Å². The summed E-state index contributed by atoms with van der Waals surface area (Å²) in [5.41, 5.74) is 1.31. The molecule has 3 fully saturated rings. The summed E-state index contributed by atoms with van der Waals surface area (Å²) in [4.78, 5) is 24.5. The maximum atomic E-state index is 12.8. The van der Waals surface area contributed by atoms with Crippen LogP contribution in [0, 0.1) is 40.4 Å². The largest absolute Gasteiger partial charge is 0.290 e. The van der Waals surface area contributed by atoms with Crippen LogP contribution in [0.2, 0.25) is 0 Å². The van der Waals surface area contributed by atoms with Gasteiger partial charge in [-0.3, -0.25) is 9.59 Å². The van der Waals surface area contributed by atoms with Crippen LogP contribution in [-0.4, -0.2) is 16.9 Å². The van der Waals surface area contributed by atoms with Gasteiger partial charge in [-0.2, -0.15) is 0 Å². The van der Waals surface area contributed by atoms with Gasteiger partial charge >= 0.3 is 0 Å². The number of ketones is 1. The molecule has 0 bridgehead atoms. The second kappa shape index (κ2) is 6.32. The van der Waals surface area contributed by atoms with Crippen LogP contribution < -0.4 is 0 Å². The van der Waals surface area contributed by atoms with E-state index in [9.17, 15) is 14.0 Å². The zero-order chi connectivity index (χ0) is 18.7. The van der Waals surface area contributed by atoms with E-state index >= 15 is 0 Å². The van der Waals surface area contributed by atoms with Crippen LogP contribution in [0.25, 0.3) is 0 Å². The average Bonchev–Trinajstić information content (AvgIpc) is 2.86. The SMILES string of the molecule is C[C@@H]1C[C@H]2[C@@H]3CCC4=CC(=O)C=C[C@]4(C)[C@H]3CC[C@]2(C)[C@H]1C(=O)SCF. The van der Waals surface area contributed by atoms with Crippen LogP contribution in [0.4, 0.5) is 4.39 Å². The van der Waals surface area contributed by atoms with Gasteiger partial charge in [-0.25, -0.2) is 4.39 Å². The van der Waals surface area contributed by atoms with Crippen LogP contribution >= 0.6 is 11.8 Å². The normalized spacial score (nSPS) is 47.0. The molecule has 3 saturated carbocycles. The van der Waals surface area contributed by atoms with Gasteiger partial charge in [0, 0.05) is 11.3 Å². The molecule has 4 aliphatic rings. The predicted molar refractivity (Wildman–Crippen MR) is 103 cm³/mol. The molecule has 0 saturated heterocycles. The van der Waals surface area contributed by atoms with Crippen LogP contribution in [-0.2, 0) is 9.59 Å². The molecule has 0 unspecified atom stereocenters. The van der Waals surface area contributed by atoms with E-state index in [0.29, 0.717) is 23.7 Å². The van der Waals surface area contributed by atoms with Crippen LogP contribution in [0.1, 0.15) is 52.9 Å². The molecule has 4 aliphatic carbocycles. The Hall–Kier alpha value is -0.900. The molecule has 0 aliphatic heterocycles. The molecule has 26 heavy (non-hydrogen) atoms. The van der Waals surface area contributed by atoms with Gasteiger partial charge in [0.25, 0.3) is 0 Å². The Labute approximate surface area is 160 Å². The molecule has 0 heterocycles. The maximum Gasteiger partial charge on any atom is 0.195 e. The first kappa shape index (κ1) is 18.5. The highest BCUT2D eigenvalue weighted by molar-refractivity contribution is 8.13. The van der Waals surface area contributed by atoms with Crippen LogP contribution in [0.15, 0.2) is 23.8 Å². The average molecular weight is 377 g/mol. The number of hydrogen-bond donors (Lipinski definition) is 0. The molecule has 4 heteroatoms. The fourth-order valence-electron chi connectivity index (χ4n) is 7.21. The molecule has 0 aromatic carbocycles. The van der Waals surface area contributed by atoms with Gasteiger partial charge in [-0.1, -0.05) is 44.2 Å². The molecule has 0 amide bonds. The fraction of sp³-hybridized carbons (Fsp3) is 0.727. The van der Waals surface area contributed by atoms with Gasteiger partial charge in [-0.05, 0) is 73.3 Å². The minimum atomic E-state index is -0.611. The number of carbonyl (C=O) groups excluding carboxylic acids is 2. The van der Waals surface area contributed by atoms with E-state index in [1.807, 2.05) is 6.08 Å². The van der Waals surface area contributed by atoms with Gasteiger partial charge in [-0.15, -0.1) is 0 Å². The van der Waals surface area contributed by atoms with Crippen molar-refractivity contribution in [3.05, 3.63) is 23.8 Å². The lowest BCUT2D eigenvalue weighted by Gasteiger charge is -2.56. The summed E-state index contributed by atoms with van der Waals surface area (Å²) in [5.74, 6) is 2.14. The Balaban J connectivity index is 1.66. The Kier molecular flexibility index (Phi) is 4.49. The summed E-state index contributed by atoms with van der Waals surface area (Å²) in [6, 6.07) is -0.611. The quantitative estimate of drug-likeness (QED) is 0.652. The minimum absolute atomic E-state index is 0.00280. The van der Waals surface area contributed by atoms with E-state index < -0.39 is 6.01 Å². The lowest BCUT2D eigenvalue weighted by Crippen LogP contribution is -2.50. The van der Waals surface area contributed by atoms with Crippen molar-refractivity contribution >= 4 is 22.7 Å². The molecule has 0 aromatic heterocycles. The molecule has 4 rings (SSSR count). The summed E-state index contributed by atoms with van der Waals surface area (Å²) in [7, 11) is 0. The third kappa shape index (κ3) is 2.51. The lowest BCUT2D eigenvalue weighted by atomic mass is 9.48. The number of rotatable bonds is 2. The van der Waals surface area contributed by atoms with Crippen LogP contribution in [0.5, 0.6) is 0 Å². The predicted octanol–water partition coefficient (Wildman–Crippen LogP) is 5.34. The first-order valence-electron chi connectivity index (χ1n) is 9.98. The molecule has 0 aromatic rings. The van der Waals surface area contributed by atoms with E-state index in [-0.39, 0.29) is 27.6 Å². The molecular formula is C22H29FO2S. The molecule has 142 valence electrons. The number of thioether (sulfide) groups is 1. The van der Waals surface area contributed by atoms with Crippen molar-refractivity contribution in [2.75, 3.05) is 6.01 Å². The highest BCUT2D eigenvalue weighted by Gasteiger charge is 2.61. The smallest absolute Gasteiger partial charge is 0.195 e. The Bertz CT molecular complexity index is 698. The number of carbonyl (C=O) groups is 2. The summed E-state index contributed by atoms with van der Waals surface area (Å²) in [5, 5.41) is 0.0641. The van der Waals surface area contributed by atoms with Crippen molar-refractivity contribution in [2.45, 2.75) is 52.9 Å². The van der Waals surface area contributed by atoms with E-state index in [1.165, 1.54) is 5.57 Å². The maximum absolute atomic E-state index is 12.8. The monoisotopic (exact) mass is 376 g/mol. The van der Waals surface area contributed by atoms with Gasteiger partial charge in [0.05, 0.1) is 0 Å². The molecule has 0 N–H and O–H groups in total. The first-order valence-corrected chi connectivity index (χ1v) is 11.0. The van der Waals surface area contributed by atoms with E-state index in [4.69, 9.17) is 0 Å². The number of fused-ring (bicyclic) bond motifs is 5. The summed E-state index contributed by atoms with van der Waals surface area (Å²) >= 11 is 0.870. The first-order chi connectivity index (χ1) is 12.3. The number of allylic oxidation sites excluding steroid dienone is 4. The van der Waals surface area contributed by atoms with E-state index in [2.05, 4.69) is 26.8 Å².